The molecular formula is C18H19BF2N6O2. The predicted octanol–water partition coefficient (Wildman–Crippen LogP) is 0.622. The zero-order chi connectivity index (χ0) is 21.0. The third-order valence-electron chi connectivity index (χ3n) is 4.61. The van der Waals surface area contributed by atoms with Gasteiger partial charge in [0.2, 0.25) is 5.91 Å². The van der Waals surface area contributed by atoms with Gasteiger partial charge in [-0.1, -0.05) is 12.1 Å². The lowest BCUT2D eigenvalue weighted by Gasteiger charge is -2.19. The molecular weight excluding hydrogens is 381 g/mol. The number of hydrogen-bond acceptors (Lipinski definition) is 6. The van der Waals surface area contributed by atoms with Gasteiger partial charge in [0.1, 0.15) is 6.04 Å². The average molecular weight is 400 g/mol. The van der Waals surface area contributed by atoms with Crippen LogP contribution in [0.1, 0.15) is 16.8 Å². The fraction of sp³-hybridized carbons (Fsp3) is 0.333. The summed E-state index contributed by atoms with van der Waals surface area (Å²) in [7, 11) is 2.29. The summed E-state index contributed by atoms with van der Waals surface area (Å²) in [5, 5.41) is 18.1. The Morgan fingerprint density at radius 3 is 2.93 bits per heavy atom. The summed E-state index contributed by atoms with van der Waals surface area (Å²) in [6.45, 7) is -1.30. The summed E-state index contributed by atoms with van der Waals surface area (Å²) in [6.07, 6.45) is 0.789. The second-order valence-corrected chi connectivity index (χ2v) is 6.68. The summed E-state index contributed by atoms with van der Waals surface area (Å²) in [6, 6.07) is 7.36. The zero-order valence-electron chi connectivity index (χ0n) is 15.7. The molecule has 11 heteroatoms. The molecule has 3 N–H and O–H groups in total. The van der Waals surface area contributed by atoms with Crippen LogP contribution >= 0.6 is 0 Å². The molecule has 0 bridgehead atoms. The molecule has 0 saturated carbocycles. The van der Waals surface area contributed by atoms with E-state index >= 15 is 0 Å². The number of hydrogen-bond donors (Lipinski definition) is 3. The highest BCUT2D eigenvalue weighted by atomic mass is 19.3. The van der Waals surface area contributed by atoms with Gasteiger partial charge in [-0.2, -0.15) is 5.26 Å². The van der Waals surface area contributed by atoms with E-state index in [0.717, 1.165) is 10.6 Å². The molecule has 0 aliphatic carbocycles. The lowest BCUT2D eigenvalue weighted by Crippen LogP contribution is -2.43. The molecule has 0 unspecified atom stereocenters. The molecule has 2 amide bonds. The number of pyridine rings is 1. The molecule has 150 valence electrons. The normalized spacial score (nSPS) is 17.6. The summed E-state index contributed by atoms with van der Waals surface area (Å²) < 4.78 is 27.0. The highest BCUT2D eigenvalue weighted by molar-refractivity contribution is 6.38. The number of nitrogens with one attached hydrogen (secondary N) is 3. The Morgan fingerprint density at radius 1 is 1.41 bits per heavy atom. The number of nitrogens with zero attached hydrogens (tertiary/aromatic N) is 3. The van der Waals surface area contributed by atoms with Gasteiger partial charge in [-0.15, -0.1) is 0 Å². The van der Waals surface area contributed by atoms with E-state index in [-0.39, 0.29) is 0 Å². The molecule has 0 radical (unpaired) electrons. The molecule has 1 saturated heterocycles. The van der Waals surface area contributed by atoms with Crippen LogP contribution in [0.25, 0.3) is 10.9 Å². The minimum absolute atomic E-state index is 0.305. The molecule has 1 aromatic heterocycles. The summed E-state index contributed by atoms with van der Waals surface area (Å²) >= 11 is 0. The van der Waals surface area contributed by atoms with E-state index in [0.29, 0.717) is 24.0 Å². The van der Waals surface area contributed by atoms with Gasteiger partial charge in [0.05, 0.1) is 30.2 Å². The summed E-state index contributed by atoms with van der Waals surface area (Å²) in [5.41, 5.74) is 1.63. The molecule has 0 spiro atoms. The van der Waals surface area contributed by atoms with Crippen LogP contribution in [0.4, 0.5) is 14.5 Å². The molecule has 3 rings (SSSR count). The first-order chi connectivity index (χ1) is 13.9. The van der Waals surface area contributed by atoms with Gasteiger partial charge in [0.25, 0.3) is 11.8 Å². The SMILES string of the molecule is CNBNc1cccc2c(C(=O)NCC(=O)N3CC(F)(F)C[C@H]3C#N)ccnc12. The van der Waals surface area contributed by atoms with Crippen molar-refractivity contribution in [2.45, 2.75) is 18.4 Å². The molecule has 1 aromatic carbocycles. The van der Waals surface area contributed by atoms with E-state index in [9.17, 15) is 18.4 Å². The van der Waals surface area contributed by atoms with E-state index in [4.69, 9.17) is 5.26 Å². The third kappa shape index (κ3) is 4.43. The lowest BCUT2D eigenvalue weighted by atomic mass is 10.1. The number of carbonyl (C=O) groups excluding carboxylic acids is 2. The molecule has 2 aromatic rings. The van der Waals surface area contributed by atoms with Gasteiger partial charge in [0.15, 0.2) is 0 Å². The van der Waals surface area contributed by atoms with Crippen molar-refractivity contribution in [1.82, 2.24) is 20.4 Å². The number of carbonyl (C=O) groups is 2. The molecule has 2 heterocycles. The van der Waals surface area contributed by atoms with Crippen molar-refractivity contribution in [1.29, 1.82) is 5.26 Å². The smallest absolute Gasteiger partial charge is 0.318 e. The average Bonchev–Trinajstić information content (AvgIpc) is 3.04. The number of aromatic nitrogens is 1. The van der Waals surface area contributed by atoms with Gasteiger partial charge >= 0.3 is 7.55 Å². The summed E-state index contributed by atoms with van der Waals surface area (Å²) in [4.78, 5) is 30.0. The van der Waals surface area contributed by atoms with E-state index in [1.807, 2.05) is 6.07 Å². The van der Waals surface area contributed by atoms with E-state index in [1.165, 1.54) is 12.3 Å². The number of halogens is 2. The number of likely N-dealkylation sites (tertiary alicyclic amines) is 1. The van der Waals surface area contributed by atoms with Crippen molar-refractivity contribution in [3.8, 4) is 6.07 Å². The van der Waals surface area contributed by atoms with Crippen LogP contribution in [0, 0.1) is 11.3 Å². The van der Waals surface area contributed by atoms with Crippen LogP contribution in [0.2, 0.25) is 0 Å². The number of amides is 2. The Kier molecular flexibility index (Phi) is 5.93. The minimum Gasteiger partial charge on any atom is -0.416 e. The Hall–Kier alpha value is -3.26. The maximum absolute atomic E-state index is 13.5. The van der Waals surface area contributed by atoms with Crippen molar-refractivity contribution in [2.24, 2.45) is 0 Å². The van der Waals surface area contributed by atoms with Crippen molar-refractivity contribution in [3.63, 3.8) is 0 Å². The first-order valence-corrected chi connectivity index (χ1v) is 8.97. The van der Waals surface area contributed by atoms with E-state index in [2.05, 4.69) is 20.8 Å². The number of nitriles is 1. The fourth-order valence-corrected chi connectivity index (χ4v) is 3.25. The number of rotatable bonds is 6. The fourth-order valence-electron chi connectivity index (χ4n) is 3.25. The van der Waals surface area contributed by atoms with Gasteiger partial charge in [-0.25, -0.2) is 8.78 Å². The zero-order valence-corrected chi connectivity index (χ0v) is 15.7. The second kappa shape index (κ2) is 8.40. The van der Waals surface area contributed by atoms with Gasteiger partial charge in [-0.3, -0.25) is 14.6 Å². The topological polar surface area (TPSA) is 110 Å². The monoisotopic (exact) mass is 400 g/mol. The van der Waals surface area contributed by atoms with Gasteiger partial charge < -0.3 is 20.7 Å². The van der Waals surface area contributed by atoms with Crippen molar-refractivity contribution >= 4 is 36.0 Å². The Morgan fingerprint density at radius 2 is 2.21 bits per heavy atom. The Labute approximate surface area is 166 Å². The van der Waals surface area contributed by atoms with Crippen LogP contribution in [-0.2, 0) is 4.79 Å². The van der Waals surface area contributed by atoms with Crippen LogP contribution < -0.4 is 15.8 Å². The minimum atomic E-state index is -3.10. The highest BCUT2D eigenvalue weighted by Crippen LogP contribution is 2.31. The van der Waals surface area contributed by atoms with Crippen LogP contribution in [0.3, 0.4) is 0 Å². The number of anilines is 1. The number of benzene rings is 1. The highest BCUT2D eigenvalue weighted by Gasteiger charge is 2.47. The number of alkyl halides is 2. The lowest BCUT2D eigenvalue weighted by molar-refractivity contribution is -0.131. The first kappa shape index (κ1) is 20.5. The maximum atomic E-state index is 13.5. The van der Waals surface area contributed by atoms with Crippen molar-refractivity contribution in [3.05, 3.63) is 36.0 Å². The van der Waals surface area contributed by atoms with Crippen LogP contribution in [0.5, 0.6) is 0 Å². The van der Waals surface area contributed by atoms with Crippen molar-refractivity contribution in [2.75, 3.05) is 25.4 Å². The molecule has 1 aliphatic rings. The molecule has 29 heavy (non-hydrogen) atoms. The summed E-state index contributed by atoms with van der Waals surface area (Å²) in [5.74, 6) is -4.36. The van der Waals surface area contributed by atoms with Gasteiger partial charge in [0, 0.05) is 23.7 Å². The largest absolute Gasteiger partial charge is 0.416 e. The predicted molar refractivity (Wildman–Crippen MR) is 105 cm³/mol. The maximum Gasteiger partial charge on any atom is 0.318 e. The second-order valence-electron chi connectivity index (χ2n) is 6.68. The van der Waals surface area contributed by atoms with E-state index < -0.39 is 43.3 Å². The number of fused-ring (bicyclic) bond motifs is 1. The standard InChI is InChI=1S/C18H19BF2N6O2/c1-23-19-26-14-4-2-3-12-13(5-6-24-16(12)14)17(29)25-9-15(28)27-10-18(20,21)7-11(27)8-22/h2-6,11,19,23,26H,7,9-10H2,1H3,(H,25,29)/t11-/m0/s1. The van der Waals surface area contributed by atoms with Crippen LogP contribution in [-0.4, -0.2) is 61.3 Å². The molecule has 8 nitrogen and oxygen atoms in total. The number of para-hydroxylation sites is 1. The molecule has 1 aliphatic heterocycles. The van der Waals surface area contributed by atoms with E-state index in [1.54, 1.807) is 25.2 Å². The Bertz CT molecular complexity index is 980. The Balaban J connectivity index is 1.74. The van der Waals surface area contributed by atoms with Crippen molar-refractivity contribution < 1.29 is 18.4 Å². The molecule has 1 fully saturated rings. The quantitative estimate of drug-likeness (QED) is 0.614. The third-order valence-corrected chi connectivity index (χ3v) is 4.61. The molecule has 1 atom stereocenters. The van der Waals surface area contributed by atoms with Crippen LogP contribution in [0.15, 0.2) is 30.5 Å². The first-order valence-electron chi connectivity index (χ1n) is 8.97. The van der Waals surface area contributed by atoms with Gasteiger partial charge in [-0.05, 0) is 19.2 Å².